The number of rotatable bonds is 8. The SMILES string of the molecule is CC(C)C[C@H](NC(=O)CN)C(=O)N(c1ccccc1)[C@@H](C)C(=O)O. The molecule has 2 atom stereocenters. The second-order valence-corrected chi connectivity index (χ2v) is 6.01. The zero-order chi connectivity index (χ0) is 18.3. The van der Waals surface area contributed by atoms with Gasteiger partial charge in [0.2, 0.25) is 11.8 Å². The maximum absolute atomic E-state index is 13.0. The fourth-order valence-corrected chi connectivity index (χ4v) is 2.35. The molecule has 0 unspecified atom stereocenters. The van der Waals surface area contributed by atoms with E-state index in [1.54, 1.807) is 30.3 Å². The molecule has 2 amide bonds. The molecule has 0 aliphatic rings. The number of carboxylic acid groups (broad SMARTS) is 1. The van der Waals surface area contributed by atoms with Gasteiger partial charge in [-0.05, 0) is 31.4 Å². The summed E-state index contributed by atoms with van der Waals surface area (Å²) in [5.74, 6) is -1.91. The van der Waals surface area contributed by atoms with E-state index < -0.39 is 29.9 Å². The molecule has 0 heterocycles. The number of nitrogens with one attached hydrogen (secondary N) is 1. The molecule has 0 spiro atoms. The number of carbonyl (C=O) groups excluding carboxylic acids is 2. The lowest BCUT2D eigenvalue weighted by Gasteiger charge is -2.31. The Morgan fingerprint density at radius 3 is 2.21 bits per heavy atom. The molecule has 132 valence electrons. The lowest BCUT2D eigenvalue weighted by atomic mass is 10.0. The van der Waals surface area contributed by atoms with Crippen molar-refractivity contribution in [1.29, 1.82) is 0 Å². The van der Waals surface area contributed by atoms with Crippen molar-refractivity contribution >= 4 is 23.5 Å². The first-order valence-electron chi connectivity index (χ1n) is 7.88. The van der Waals surface area contributed by atoms with Crippen LogP contribution in [-0.2, 0) is 14.4 Å². The number of hydrogen-bond donors (Lipinski definition) is 3. The van der Waals surface area contributed by atoms with E-state index >= 15 is 0 Å². The Balaban J connectivity index is 3.19. The molecule has 0 aliphatic carbocycles. The van der Waals surface area contributed by atoms with Gasteiger partial charge in [-0.25, -0.2) is 4.79 Å². The van der Waals surface area contributed by atoms with Gasteiger partial charge < -0.3 is 16.2 Å². The minimum Gasteiger partial charge on any atom is -0.480 e. The van der Waals surface area contributed by atoms with Gasteiger partial charge in [0.25, 0.3) is 0 Å². The van der Waals surface area contributed by atoms with Crippen LogP contribution in [0.1, 0.15) is 27.2 Å². The molecule has 1 aromatic rings. The molecule has 1 aromatic carbocycles. The topological polar surface area (TPSA) is 113 Å². The third-order valence-electron chi connectivity index (χ3n) is 3.54. The van der Waals surface area contributed by atoms with Gasteiger partial charge in [0, 0.05) is 5.69 Å². The fourth-order valence-electron chi connectivity index (χ4n) is 2.35. The highest BCUT2D eigenvalue weighted by molar-refractivity contribution is 6.03. The molecule has 0 bridgehead atoms. The van der Waals surface area contributed by atoms with Gasteiger partial charge in [0.05, 0.1) is 6.54 Å². The normalized spacial score (nSPS) is 13.2. The van der Waals surface area contributed by atoms with Crippen molar-refractivity contribution < 1.29 is 19.5 Å². The first-order valence-corrected chi connectivity index (χ1v) is 7.88. The summed E-state index contributed by atoms with van der Waals surface area (Å²) in [6.45, 7) is 5.04. The molecular formula is C17H25N3O4. The number of benzene rings is 1. The number of nitrogens with zero attached hydrogens (tertiary/aromatic N) is 1. The molecule has 0 radical (unpaired) electrons. The average Bonchev–Trinajstić information content (AvgIpc) is 2.54. The third-order valence-corrected chi connectivity index (χ3v) is 3.54. The number of carbonyl (C=O) groups is 3. The van der Waals surface area contributed by atoms with Crippen molar-refractivity contribution in [2.75, 3.05) is 11.4 Å². The Morgan fingerprint density at radius 1 is 1.17 bits per heavy atom. The van der Waals surface area contributed by atoms with Gasteiger partial charge in [-0.1, -0.05) is 32.0 Å². The van der Waals surface area contributed by atoms with E-state index in [9.17, 15) is 19.5 Å². The van der Waals surface area contributed by atoms with Crippen LogP contribution in [0.3, 0.4) is 0 Å². The molecule has 7 heteroatoms. The molecule has 0 aromatic heterocycles. The van der Waals surface area contributed by atoms with Crippen LogP contribution in [0, 0.1) is 5.92 Å². The second kappa shape index (κ2) is 9.02. The van der Waals surface area contributed by atoms with E-state index in [2.05, 4.69) is 5.32 Å². The third kappa shape index (κ3) is 5.34. The Morgan fingerprint density at radius 2 is 1.75 bits per heavy atom. The summed E-state index contributed by atoms with van der Waals surface area (Å²) in [5, 5.41) is 11.9. The Bertz CT molecular complexity index is 574. The number of anilines is 1. The van der Waals surface area contributed by atoms with Crippen molar-refractivity contribution in [2.24, 2.45) is 11.7 Å². The van der Waals surface area contributed by atoms with Crippen LogP contribution in [0.5, 0.6) is 0 Å². The molecule has 0 aliphatic heterocycles. The van der Waals surface area contributed by atoms with Gasteiger partial charge in [0.1, 0.15) is 12.1 Å². The predicted molar refractivity (Wildman–Crippen MR) is 91.5 cm³/mol. The van der Waals surface area contributed by atoms with Gasteiger partial charge >= 0.3 is 5.97 Å². The maximum atomic E-state index is 13.0. The second-order valence-electron chi connectivity index (χ2n) is 6.01. The van der Waals surface area contributed by atoms with Crippen LogP contribution < -0.4 is 16.0 Å². The maximum Gasteiger partial charge on any atom is 0.326 e. The van der Waals surface area contributed by atoms with E-state index in [1.165, 1.54) is 11.8 Å². The number of nitrogens with two attached hydrogens (primary N) is 1. The lowest BCUT2D eigenvalue weighted by Crippen LogP contribution is -2.54. The number of amides is 2. The van der Waals surface area contributed by atoms with Crippen LogP contribution in [-0.4, -0.2) is 41.5 Å². The van der Waals surface area contributed by atoms with Gasteiger partial charge in [-0.15, -0.1) is 0 Å². The van der Waals surface area contributed by atoms with Gasteiger partial charge in [-0.2, -0.15) is 0 Å². The van der Waals surface area contributed by atoms with E-state index in [0.29, 0.717) is 12.1 Å². The summed E-state index contributed by atoms with van der Waals surface area (Å²) in [6, 6.07) is 6.65. The lowest BCUT2D eigenvalue weighted by molar-refractivity contribution is -0.140. The molecule has 7 nitrogen and oxygen atoms in total. The summed E-state index contributed by atoms with van der Waals surface area (Å²) < 4.78 is 0. The Labute approximate surface area is 141 Å². The Hall–Kier alpha value is -2.41. The summed E-state index contributed by atoms with van der Waals surface area (Å²) in [5.41, 5.74) is 5.78. The highest BCUT2D eigenvalue weighted by Crippen LogP contribution is 2.20. The quantitative estimate of drug-likeness (QED) is 0.655. The molecule has 1 rings (SSSR count). The van der Waals surface area contributed by atoms with Crippen LogP contribution in [0.15, 0.2) is 30.3 Å². The zero-order valence-corrected chi connectivity index (χ0v) is 14.2. The highest BCUT2D eigenvalue weighted by atomic mass is 16.4. The smallest absolute Gasteiger partial charge is 0.326 e. The van der Waals surface area contributed by atoms with Crippen LogP contribution in [0.4, 0.5) is 5.69 Å². The molecular weight excluding hydrogens is 310 g/mol. The monoisotopic (exact) mass is 335 g/mol. The van der Waals surface area contributed by atoms with Crippen molar-refractivity contribution in [3.8, 4) is 0 Å². The minimum atomic E-state index is -1.12. The summed E-state index contributed by atoms with van der Waals surface area (Å²) in [7, 11) is 0. The summed E-state index contributed by atoms with van der Waals surface area (Å²) in [6.07, 6.45) is 0.389. The van der Waals surface area contributed by atoms with Gasteiger partial charge in [0.15, 0.2) is 0 Å². The Kier molecular flexibility index (Phi) is 7.38. The number of carboxylic acids is 1. The van der Waals surface area contributed by atoms with Gasteiger partial charge in [-0.3, -0.25) is 14.5 Å². The van der Waals surface area contributed by atoms with Crippen molar-refractivity contribution in [2.45, 2.75) is 39.3 Å². The zero-order valence-electron chi connectivity index (χ0n) is 14.2. The van der Waals surface area contributed by atoms with Crippen molar-refractivity contribution in [3.05, 3.63) is 30.3 Å². The first kappa shape index (κ1) is 19.6. The molecule has 24 heavy (non-hydrogen) atoms. The minimum absolute atomic E-state index is 0.134. The average molecular weight is 335 g/mol. The summed E-state index contributed by atoms with van der Waals surface area (Å²) >= 11 is 0. The van der Waals surface area contributed by atoms with E-state index in [0.717, 1.165) is 0 Å². The van der Waals surface area contributed by atoms with Crippen LogP contribution >= 0.6 is 0 Å². The highest BCUT2D eigenvalue weighted by Gasteiger charge is 2.33. The standard InChI is InChI=1S/C17H25N3O4/c1-11(2)9-14(19-15(21)10-18)16(22)20(12(3)17(23)24)13-7-5-4-6-8-13/h4-8,11-12,14H,9-10,18H2,1-3H3,(H,19,21)(H,23,24)/t12-,14-/m0/s1. The molecule has 0 saturated carbocycles. The number of hydrogen-bond acceptors (Lipinski definition) is 4. The number of para-hydroxylation sites is 1. The van der Waals surface area contributed by atoms with Crippen molar-refractivity contribution in [3.63, 3.8) is 0 Å². The number of aliphatic carboxylic acids is 1. The summed E-state index contributed by atoms with van der Waals surface area (Å²) in [4.78, 5) is 37.3. The fraction of sp³-hybridized carbons (Fsp3) is 0.471. The molecule has 4 N–H and O–H groups in total. The van der Waals surface area contributed by atoms with Crippen LogP contribution in [0.25, 0.3) is 0 Å². The first-order chi connectivity index (χ1) is 11.3. The molecule has 0 fully saturated rings. The molecule has 0 saturated heterocycles. The predicted octanol–water partition coefficient (Wildman–Crippen LogP) is 0.982. The van der Waals surface area contributed by atoms with Crippen molar-refractivity contribution in [1.82, 2.24) is 5.32 Å². The van der Waals surface area contributed by atoms with E-state index in [-0.39, 0.29) is 12.5 Å². The van der Waals surface area contributed by atoms with E-state index in [4.69, 9.17) is 5.73 Å². The van der Waals surface area contributed by atoms with E-state index in [1.807, 2.05) is 13.8 Å². The largest absolute Gasteiger partial charge is 0.480 e. The van der Waals surface area contributed by atoms with Crippen LogP contribution in [0.2, 0.25) is 0 Å².